The molecule has 1 aromatic carbocycles. The Morgan fingerprint density at radius 3 is 2.40 bits per heavy atom. The SMILES string of the molecule is CC1c2c(cnn2C2CN(C(O)(O)c3cccc(C(=O)N4CCCC4)[n+]3O)C2)-c2cccc(NC(/C=C(\N)NC(=O)C3CC3)=C(/N)C(=O)NC3CC3)c2N1C. The number of carbonyl (C=O) groups excluding carboxylic acids is 3. The predicted octanol–water partition coefficient (Wildman–Crippen LogP) is 0.661. The highest BCUT2D eigenvalue weighted by molar-refractivity contribution is 5.96. The first-order chi connectivity index (χ1) is 26.3. The molecule has 1 unspecified atom stereocenters. The molecule has 4 fully saturated rings. The van der Waals surface area contributed by atoms with E-state index in [-0.39, 0.29) is 77.6 Å². The number of aromatic nitrogens is 3. The molecule has 2 aliphatic carbocycles. The molecule has 55 heavy (non-hydrogen) atoms. The van der Waals surface area contributed by atoms with Gasteiger partial charge in [0, 0.05) is 79.3 Å². The molecule has 8 rings (SSSR count). The Labute approximate surface area is 317 Å². The number of aliphatic hydroxyl groups is 2. The lowest BCUT2D eigenvalue weighted by molar-refractivity contribution is -0.917. The molecule has 5 aliphatic rings. The van der Waals surface area contributed by atoms with Gasteiger partial charge in [0.15, 0.2) is 0 Å². The fraction of sp³-hybridized carbons (Fsp3) is 0.447. The third kappa shape index (κ3) is 6.72. The Balaban J connectivity index is 1.04. The summed E-state index contributed by atoms with van der Waals surface area (Å²) in [7, 11) is 1.96. The van der Waals surface area contributed by atoms with E-state index in [0.717, 1.165) is 61.0 Å². The summed E-state index contributed by atoms with van der Waals surface area (Å²) in [6.07, 6.45) is 8.44. The number of hydrogen-bond donors (Lipinski definition) is 8. The molecule has 10 N–H and O–H groups in total. The minimum Gasteiger partial charge on any atom is -0.393 e. The van der Waals surface area contributed by atoms with E-state index >= 15 is 0 Å². The molecule has 2 saturated heterocycles. The number of likely N-dealkylation sites (tertiary alicyclic amines) is 2. The summed E-state index contributed by atoms with van der Waals surface area (Å²) in [5.41, 5.74) is 16.8. The molecule has 3 aromatic rings. The molecule has 0 bridgehead atoms. The number of para-hydroxylation sites is 1. The highest BCUT2D eigenvalue weighted by Crippen LogP contribution is 2.49. The minimum atomic E-state index is -2.56. The third-order valence-corrected chi connectivity index (χ3v) is 11.3. The molecule has 5 heterocycles. The van der Waals surface area contributed by atoms with Crippen molar-refractivity contribution in [3.8, 4) is 11.1 Å². The van der Waals surface area contributed by atoms with Crippen LogP contribution in [0.3, 0.4) is 0 Å². The number of rotatable bonds is 11. The van der Waals surface area contributed by atoms with Crippen LogP contribution in [-0.4, -0.2) is 92.0 Å². The van der Waals surface area contributed by atoms with E-state index in [1.807, 2.05) is 36.9 Å². The number of nitrogens with one attached hydrogen (secondary N) is 3. The summed E-state index contributed by atoms with van der Waals surface area (Å²) >= 11 is 0. The normalized spacial score (nSPS) is 20.7. The lowest BCUT2D eigenvalue weighted by Gasteiger charge is -2.45. The first-order valence-electron chi connectivity index (χ1n) is 18.9. The lowest BCUT2D eigenvalue weighted by Crippen LogP contribution is -2.63. The van der Waals surface area contributed by atoms with Gasteiger partial charge in [-0.15, -0.1) is 0 Å². The quantitative estimate of drug-likeness (QED) is 0.0444. The first-order valence-corrected chi connectivity index (χ1v) is 18.9. The smallest absolute Gasteiger partial charge is 0.323 e. The number of nitrogens with zero attached hydrogens (tertiary/aromatic N) is 6. The van der Waals surface area contributed by atoms with Crippen molar-refractivity contribution in [3.63, 3.8) is 0 Å². The van der Waals surface area contributed by atoms with Crippen LogP contribution in [0, 0.1) is 5.92 Å². The number of benzene rings is 1. The van der Waals surface area contributed by atoms with E-state index < -0.39 is 11.8 Å². The highest BCUT2D eigenvalue weighted by Gasteiger charge is 2.51. The zero-order valence-corrected chi connectivity index (χ0v) is 30.9. The van der Waals surface area contributed by atoms with Crippen molar-refractivity contribution < 1.29 is 34.5 Å². The lowest BCUT2D eigenvalue weighted by atomic mass is 9.93. The Bertz CT molecular complexity index is 2110. The van der Waals surface area contributed by atoms with Crippen molar-refractivity contribution in [2.75, 3.05) is 43.4 Å². The van der Waals surface area contributed by atoms with Gasteiger partial charge in [0.1, 0.15) is 11.5 Å². The third-order valence-electron chi connectivity index (χ3n) is 11.3. The molecule has 3 amide bonds. The molecule has 0 spiro atoms. The average molecular weight is 755 g/mol. The Hall–Kier alpha value is -5.65. The van der Waals surface area contributed by atoms with Crippen molar-refractivity contribution in [2.24, 2.45) is 17.4 Å². The zero-order chi connectivity index (χ0) is 38.8. The summed E-state index contributed by atoms with van der Waals surface area (Å²) < 4.78 is 2.48. The van der Waals surface area contributed by atoms with Gasteiger partial charge < -0.3 is 47.4 Å². The number of anilines is 2. The second-order valence-electron chi connectivity index (χ2n) is 15.2. The highest BCUT2D eigenvalue weighted by atomic mass is 16.5. The maximum absolute atomic E-state index is 13.1. The van der Waals surface area contributed by atoms with Gasteiger partial charge >= 0.3 is 23.2 Å². The van der Waals surface area contributed by atoms with Crippen LogP contribution >= 0.6 is 0 Å². The molecular formula is C38H48N11O6+. The summed E-state index contributed by atoms with van der Waals surface area (Å²) in [6.45, 7) is 3.63. The van der Waals surface area contributed by atoms with Gasteiger partial charge in [-0.05, 0) is 57.6 Å². The Morgan fingerprint density at radius 1 is 1.00 bits per heavy atom. The molecule has 2 aromatic heterocycles. The number of fused-ring (bicyclic) bond motifs is 3. The van der Waals surface area contributed by atoms with Crippen LogP contribution in [0.15, 0.2) is 65.9 Å². The Kier molecular flexibility index (Phi) is 9.17. The summed E-state index contributed by atoms with van der Waals surface area (Å²) in [5, 5.41) is 47.4. The second kappa shape index (κ2) is 13.9. The summed E-state index contributed by atoms with van der Waals surface area (Å²) in [6, 6.07) is 9.79. The van der Waals surface area contributed by atoms with Gasteiger partial charge in [0.05, 0.1) is 41.0 Å². The molecule has 2 saturated carbocycles. The molecule has 1 atom stereocenters. The van der Waals surface area contributed by atoms with Crippen LogP contribution in [0.4, 0.5) is 11.4 Å². The predicted molar refractivity (Wildman–Crippen MR) is 199 cm³/mol. The topological polar surface area (TPSA) is 231 Å². The molecular weight excluding hydrogens is 706 g/mol. The maximum atomic E-state index is 13.1. The van der Waals surface area contributed by atoms with Gasteiger partial charge in [-0.3, -0.25) is 24.3 Å². The van der Waals surface area contributed by atoms with Crippen molar-refractivity contribution in [3.05, 3.63) is 83.0 Å². The number of pyridine rings is 1. The minimum absolute atomic E-state index is 0.0406. The van der Waals surface area contributed by atoms with Crippen molar-refractivity contribution in [2.45, 2.75) is 69.5 Å². The fourth-order valence-corrected chi connectivity index (χ4v) is 7.65. The van der Waals surface area contributed by atoms with Crippen molar-refractivity contribution in [1.82, 2.24) is 30.2 Å². The summed E-state index contributed by atoms with van der Waals surface area (Å²) in [4.78, 5) is 43.8. The van der Waals surface area contributed by atoms with E-state index in [1.54, 1.807) is 11.1 Å². The van der Waals surface area contributed by atoms with E-state index in [1.165, 1.54) is 29.2 Å². The number of allylic oxidation sites excluding steroid dienone is 1. The fourth-order valence-electron chi connectivity index (χ4n) is 7.65. The van der Waals surface area contributed by atoms with Crippen molar-refractivity contribution >= 4 is 29.1 Å². The number of hydrogen-bond acceptors (Lipinski definition) is 12. The van der Waals surface area contributed by atoms with E-state index in [0.29, 0.717) is 23.5 Å². The number of carbonyl (C=O) groups is 3. The zero-order valence-electron chi connectivity index (χ0n) is 30.9. The van der Waals surface area contributed by atoms with Crippen LogP contribution in [0.1, 0.15) is 79.4 Å². The van der Waals surface area contributed by atoms with Gasteiger partial charge in [-0.1, -0.05) is 12.1 Å². The monoisotopic (exact) mass is 754 g/mol. The largest absolute Gasteiger partial charge is 0.393 e. The van der Waals surface area contributed by atoms with Gasteiger partial charge in [0.2, 0.25) is 5.91 Å². The van der Waals surface area contributed by atoms with Gasteiger partial charge in [-0.2, -0.15) is 5.10 Å². The van der Waals surface area contributed by atoms with Gasteiger partial charge in [0.25, 0.3) is 5.91 Å². The first kappa shape index (κ1) is 36.3. The van der Waals surface area contributed by atoms with Crippen LogP contribution in [0.2, 0.25) is 0 Å². The van der Waals surface area contributed by atoms with E-state index in [4.69, 9.17) is 16.6 Å². The molecule has 17 nitrogen and oxygen atoms in total. The molecule has 0 radical (unpaired) electrons. The van der Waals surface area contributed by atoms with Crippen LogP contribution < -0.4 is 37.0 Å². The number of amides is 3. The molecule has 17 heteroatoms. The van der Waals surface area contributed by atoms with Crippen LogP contribution in [0.5, 0.6) is 0 Å². The number of nitrogens with two attached hydrogens (primary N) is 2. The maximum Gasteiger partial charge on any atom is 0.323 e. The molecule has 3 aliphatic heterocycles. The average Bonchev–Trinajstić information content (AvgIpc) is 4.05. The molecule has 290 valence electrons. The van der Waals surface area contributed by atoms with Crippen molar-refractivity contribution in [1.29, 1.82) is 0 Å². The second-order valence-corrected chi connectivity index (χ2v) is 15.2. The summed E-state index contributed by atoms with van der Waals surface area (Å²) in [5.74, 6) is -3.52. The van der Waals surface area contributed by atoms with E-state index in [9.17, 15) is 29.8 Å². The van der Waals surface area contributed by atoms with Crippen LogP contribution in [0.25, 0.3) is 11.1 Å². The van der Waals surface area contributed by atoms with Gasteiger partial charge in [-0.25, -0.2) is 4.90 Å². The van der Waals surface area contributed by atoms with Crippen LogP contribution in [-0.2, 0) is 15.5 Å². The van der Waals surface area contributed by atoms with E-state index in [2.05, 4.69) is 20.9 Å². The Morgan fingerprint density at radius 2 is 1.71 bits per heavy atom. The standard InChI is InChI=1S/C38H47N11O6/c1-21-33-26(18-41-48(33)24-19-47(20-24)38(53,54)30-10-6-9-29(49(30)55)37(52)46-15-3-4-16-46)25-7-5-8-27(34(25)45(21)2)43-28(32(40)36(51)42-23-13-14-23)17-31(39)44-35(50)22-11-12-22/h5-10,17-18,21-24,40,53-55H,3-4,11-16,19-20H2,1-2H3,(H5,39,42,43,44,50,51,52)/p+1.